The zero-order chi connectivity index (χ0) is 13.1. The second-order valence-corrected chi connectivity index (χ2v) is 4.99. The fraction of sp³-hybridized carbons (Fsp3) is 0.538. The minimum Gasteiger partial charge on any atom is -0.474 e. The van der Waals surface area contributed by atoms with Gasteiger partial charge in [0.05, 0.1) is 17.4 Å². The first-order valence-electron chi connectivity index (χ1n) is 6.28. The smallest absolute Gasteiger partial charge is 0.251 e. The summed E-state index contributed by atoms with van der Waals surface area (Å²) in [5, 5.41) is 0. The summed E-state index contributed by atoms with van der Waals surface area (Å²) in [6, 6.07) is 1.52. The number of ether oxygens (including phenoxy) is 1. The maximum absolute atomic E-state index is 11.2. The number of anilines is 1. The van der Waals surface area contributed by atoms with Gasteiger partial charge in [0, 0.05) is 6.07 Å². The molecule has 1 aromatic heterocycles. The maximum Gasteiger partial charge on any atom is 0.251 e. The van der Waals surface area contributed by atoms with Crippen molar-refractivity contribution in [2.45, 2.75) is 38.7 Å². The van der Waals surface area contributed by atoms with Gasteiger partial charge in [0.25, 0.3) is 5.91 Å². The highest BCUT2D eigenvalue weighted by Gasteiger charge is 2.21. The molecule has 98 valence electrons. The van der Waals surface area contributed by atoms with E-state index in [1.807, 2.05) is 0 Å². The van der Waals surface area contributed by atoms with E-state index in [9.17, 15) is 4.79 Å². The summed E-state index contributed by atoms with van der Waals surface area (Å²) in [5.74, 6) is 0.544. The van der Waals surface area contributed by atoms with Gasteiger partial charge in [0.15, 0.2) is 0 Å². The summed E-state index contributed by atoms with van der Waals surface area (Å²) in [6.45, 7) is 2.22. The molecule has 0 spiro atoms. The van der Waals surface area contributed by atoms with E-state index in [1.165, 1.54) is 25.1 Å². The number of nitrogens with two attached hydrogens (primary N) is 2. The molecule has 2 unspecified atom stereocenters. The van der Waals surface area contributed by atoms with Crippen molar-refractivity contribution in [2.75, 3.05) is 5.73 Å². The first-order chi connectivity index (χ1) is 8.56. The molecule has 5 heteroatoms. The van der Waals surface area contributed by atoms with E-state index < -0.39 is 5.91 Å². The van der Waals surface area contributed by atoms with E-state index in [0.717, 1.165) is 12.8 Å². The fourth-order valence-electron chi connectivity index (χ4n) is 2.38. The molecule has 2 atom stereocenters. The molecule has 0 aliphatic heterocycles. The van der Waals surface area contributed by atoms with Crippen LogP contribution in [0.2, 0.25) is 0 Å². The van der Waals surface area contributed by atoms with Crippen molar-refractivity contribution in [3.63, 3.8) is 0 Å². The number of rotatable bonds is 3. The van der Waals surface area contributed by atoms with Gasteiger partial charge < -0.3 is 16.2 Å². The number of carbonyl (C=O) groups is 1. The number of primary amides is 1. The molecule has 1 heterocycles. The molecule has 0 saturated heterocycles. The van der Waals surface area contributed by atoms with Gasteiger partial charge >= 0.3 is 0 Å². The summed E-state index contributed by atoms with van der Waals surface area (Å²) >= 11 is 0. The lowest BCUT2D eigenvalue weighted by Gasteiger charge is -2.27. The quantitative estimate of drug-likeness (QED) is 0.853. The minimum absolute atomic E-state index is 0.172. The second-order valence-electron chi connectivity index (χ2n) is 4.99. The van der Waals surface area contributed by atoms with Gasteiger partial charge in [-0.05, 0) is 25.2 Å². The third kappa shape index (κ3) is 2.91. The summed E-state index contributed by atoms with van der Waals surface area (Å²) in [4.78, 5) is 15.3. The largest absolute Gasteiger partial charge is 0.474 e. The molecule has 1 amide bonds. The summed E-state index contributed by atoms with van der Waals surface area (Å²) in [6.07, 6.45) is 6.07. The number of aromatic nitrogens is 1. The number of carbonyl (C=O) groups excluding carboxylic acids is 1. The van der Waals surface area contributed by atoms with E-state index in [-0.39, 0.29) is 17.4 Å². The second kappa shape index (κ2) is 5.25. The molecule has 1 fully saturated rings. The number of amides is 1. The SMILES string of the molecule is CC1CCCC(Oc2cc(C(N)=O)c(N)cn2)C1. The standard InChI is InChI=1S/C13H19N3O2/c1-8-3-2-4-9(5-8)18-12-6-10(13(15)17)11(14)7-16-12/h6-9H,2-5,14H2,1H3,(H2,15,17). The van der Waals surface area contributed by atoms with E-state index >= 15 is 0 Å². The molecule has 5 nitrogen and oxygen atoms in total. The Morgan fingerprint density at radius 3 is 2.94 bits per heavy atom. The topological polar surface area (TPSA) is 91.2 Å². The zero-order valence-electron chi connectivity index (χ0n) is 10.6. The predicted molar refractivity (Wildman–Crippen MR) is 69.2 cm³/mol. The van der Waals surface area contributed by atoms with Gasteiger partial charge in [0.1, 0.15) is 6.10 Å². The van der Waals surface area contributed by atoms with Crippen molar-refractivity contribution in [3.05, 3.63) is 17.8 Å². The van der Waals surface area contributed by atoms with Crippen molar-refractivity contribution < 1.29 is 9.53 Å². The maximum atomic E-state index is 11.2. The molecule has 2 rings (SSSR count). The normalized spacial score (nSPS) is 23.6. The van der Waals surface area contributed by atoms with Gasteiger partial charge in [-0.1, -0.05) is 13.3 Å². The van der Waals surface area contributed by atoms with Crippen molar-refractivity contribution in [1.82, 2.24) is 4.98 Å². The van der Waals surface area contributed by atoms with Crippen LogP contribution in [0.5, 0.6) is 5.88 Å². The first-order valence-corrected chi connectivity index (χ1v) is 6.28. The molecule has 0 radical (unpaired) electrons. The number of hydrogen-bond donors (Lipinski definition) is 2. The van der Waals surface area contributed by atoms with E-state index in [0.29, 0.717) is 11.8 Å². The van der Waals surface area contributed by atoms with Crippen molar-refractivity contribution in [3.8, 4) is 5.88 Å². The van der Waals surface area contributed by atoms with Gasteiger partial charge in [-0.3, -0.25) is 4.79 Å². The average molecular weight is 249 g/mol. The third-order valence-corrected chi connectivity index (χ3v) is 3.35. The Bertz CT molecular complexity index is 448. The van der Waals surface area contributed by atoms with E-state index in [2.05, 4.69) is 11.9 Å². The Hall–Kier alpha value is -1.78. The highest BCUT2D eigenvalue weighted by Crippen LogP contribution is 2.27. The van der Waals surface area contributed by atoms with Gasteiger partial charge in [0.2, 0.25) is 5.88 Å². The molecule has 0 aromatic carbocycles. The van der Waals surface area contributed by atoms with Crippen LogP contribution < -0.4 is 16.2 Å². The third-order valence-electron chi connectivity index (χ3n) is 3.35. The van der Waals surface area contributed by atoms with Crippen LogP contribution >= 0.6 is 0 Å². The van der Waals surface area contributed by atoms with Crippen LogP contribution in [-0.4, -0.2) is 17.0 Å². The lowest BCUT2D eigenvalue weighted by molar-refractivity contribution is 0.0997. The molecule has 1 saturated carbocycles. The van der Waals surface area contributed by atoms with Crippen LogP contribution in [0.25, 0.3) is 0 Å². The molecule has 0 bridgehead atoms. The van der Waals surface area contributed by atoms with Gasteiger partial charge in [-0.2, -0.15) is 0 Å². The Morgan fingerprint density at radius 1 is 1.50 bits per heavy atom. The van der Waals surface area contributed by atoms with Crippen molar-refractivity contribution >= 4 is 11.6 Å². The van der Waals surface area contributed by atoms with Gasteiger partial charge in [-0.15, -0.1) is 0 Å². The van der Waals surface area contributed by atoms with Crippen LogP contribution in [0.3, 0.4) is 0 Å². The number of nitrogen functional groups attached to an aromatic ring is 1. The molecule has 18 heavy (non-hydrogen) atoms. The monoisotopic (exact) mass is 249 g/mol. The molecule has 4 N–H and O–H groups in total. The first kappa shape index (κ1) is 12.7. The molecule has 1 aromatic rings. The Balaban J connectivity index is 2.09. The Kier molecular flexibility index (Phi) is 3.69. The predicted octanol–water partition coefficient (Wildman–Crippen LogP) is 1.72. The van der Waals surface area contributed by atoms with Crippen LogP contribution in [0.15, 0.2) is 12.3 Å². The number of nitrogens with zero attached hydrogens (tertiary/aromatic N) is 1. The highest BCUT2D eigenvalue weighted by molar-refractivity contribution is 5.97. The Labute approximate surface area is 107 Å². The zero-order valence-corrected chi connectivity index (χ0v) is 10.6. The van der Waals surface area contributed by atoms with E-state index in [1.54, 1.807) is 0 Å². The van der Waals surface area contributed by atoms with Gasteiger partial charge in [-0.25, -0.2) is 4.98 Å². The van der Waals surface area contributed by atoms with Crippen molar-refractivity contribution in [1.29, 1.82) is 0 Å². The average Bonchev–Trinajstić information content (AvgIpc) is 2.31. The van der Waals surface area contributed by atoms with Crippen molar-refractivity contribution in [2.24, 2.45) is 11.7 Å². The van der Waals surface area contributed by atoms with Crippen LogP contribution in [0.1, 0.15) is 43.0 Å². The highest BCUT2D eigenvalue weighted by atomic mass is 16.5. The number of hydrogen-bond acceptors (Lipinski definition) is 4. The molecular weight excluding hydrogens is 230 g/mol. The minimum atomic E-state index is -0.559. The molecular formula is C13H19N3O2. The summed E-state index contributed by atoms with van der Waals surface area (Å²) in [7, 11) is 0. The summed E-state index contributed by atoms with van der Waals surface area (Å²) in [5.41, 5.74) is 11.4. The fourth-order valence-corrected chi connectivity index (χ4v) is 2.38. The van der Waals surface area contributed by atoms with Crippen LogP contribution in [0.4, 0.5) is 5.69 Å². The Morgan fingerprint density at radius 2 is 2.28 bits per heavy atom. The lowest BCUT2D eigenvalue weighted by Crippen LogP contribution is -2.24. The molecule has 1 aliphatic carbocycles. The number of pyridine rings is 1. The van der Waals surface area contributed by atoms with E-state index in [4.69, 9.17) is 16.2 Å². The lowest BCUT2D eigenvalue weighted by atomic mass is 9.89. The summed E-state index contributed by atoms with van der Waals surface area (Å²) < 4.78 is 5.80. The van der Waals surface area contributed by atoms with Crippen LogP contribution in [0, 0.1) is 5.92 Å². The van der Waals surface area contributed by atoms with Crippen LogP contribution in [-0.2, 0) is 0 Å². The molecule has 1 aliphatic rings.